The number of nitrogens with one attached hydrogen (secondary N) is 1. The molecular formula is C11H14N2O4. The average Bonchev–Trinajstić information content (AvgIpc) is 2.39. The normalized spacial score (nSPS) is 15.2. The fourth-order valence-corrected chi connectivity index (χ4v) is 1.02. The fraction of sp³-hybridized carbons (Fsp3) is 0.364. The summed E-state index contributed by atoms with van der Waals surface area (Å²) >= 11 is 0. The molecule has 0 bridgehead atoms. The number of carbonyl (C=O) groups excluding carboxylic acids is 1. The number of esters is 1. The molecule has 0 aliphatic carbocycles. The van der Waals surface area contributed by atoms with Crippen molar-refractivity contribution in [1.29, 1.82) is 0 Å². The molecular weight excluding hydrogens is 224 g/mol. The summed E-state index contributed by atoms with van der Waals surface area (Å²) in [5.41, 5.74) is -0.606. The minimum Gasteiger partial charge on any atom is -0.475 e. The molecule has 0 saturated carbocycles. The van der Waals surface area contributed by atoms with E-state index in [-0.39, 0.29) is 11.5 Å². The van der Waals surface area contributed by atoms with Gasteiger partial charge in [0.1, 0.15) is 11.3 Å². The minimum atomic E-state index is -1.24. The number of carbonyl (C=O) groups is 2. The molecule has 0 atom stereocenters. The van der Waals surface area contributed by atoms with Gasteiger partial charge in [-0.2, -0.15) is 0 Å². The van der Waals surface area contributed by atoms with Crippen LogP contribution < -0.4 is 5.32 Å². The quantitative estimate of drug-likeness (QED) is 0.695. The van der Waals surface area contributed by atoms with Gasteiger partial charge < -0.3 is 15.2 Å². The number of allylic oxidation sites excluding steroid dienone is 2. The number of aliphatic carboxylic acids is 1. The van der Waals surface area contributed by atoms with Crippen molar-refractivity contribution in [3.8, 4) is 0 Å². The summed E-state index contributed by atoms with van der Waals surface area (Å²) in [6.45, 7) is 5.18. The Morgan fingerprint density at radius 3 is 2.59 bits per heavy atom. The van der Waals surface area contributed by atoms with Gasteiger partial charge in [0.05, 0.1) is 0 Å². The molecule has 0 aromatic heterocycles. The van der Waals surface area contributed by atoms with E-state index in [1.807, 2.05) is 0 Å². The topological polar surface area (TPSA) is 88.0 Å². The van der Waals surface area contributed by atoms with E-state index in [1.54, 1.807) is 20.8 Å². The van der Waals surface area contributed by atoms with E-state index in [0.29, 0.717) is 0 Å². The molecule has 0 radical (unpaired) electrons. The van der Waals surface area contributed by atoms with Crippen LogP contribution in [-0.2, 0) is 14.3 Å². The van der Waals surface area contributed by atoms with Crippen molar-refractivity contribution in [3.05, 3.63) is 24.0 Å². The summed E-state index contributed by atoms with van der Waals surface area (Å²) in [5, 5.41) is 11.2. The van der Waals surface area contributed by atoms with Gasteiger partial charge in [-0.15, -0.1) is 0 Å². The fourth-order valence-electron chi connectivity index (χ4n) is 1.02. The highest BCUT2D eigenvalue weighted by Gasteiger charge is 2.22. The molecule has 6 nitrogen and oxygen atoms in total. The number of hydrogen-bond donors (Lipinski definition) is 2. The molecule has 1 heterocycles. The first-order chi connectivity index (χ1) is 7.79. The van der Waals surface area contributed by atoms with Gasteiger partial charge in [-0.1, -0.05) is 0 Å². The second kappa shape index (κ2) is 4.82. The summed E-state index contributed by atoms with van der Waals surface area (Å²) in [5.74, 6) is -2.19. The van der Waals surface area contributed by atoms with Crippen LogP contribution in [0.2, 0.25) is 0 Å². The second-order valence-electron chi connectivity index (χ2n) is 4.33. The zero-order valence-corrected chi connectivity index (χ0v) is 9.85. The van der Waals surface area contributed by atoms with E-state index >= 15 is 0 Å². The number of aliphatic imine (C=N–C) groups is 1. The van der Waals surface area contributed by atoms with E-state index in [4.69, 9.17) is 9.84 Å². The molecule has 0 unspecified atom stereocenters. The first kappa shape index (κ1) is 13.0. The van der Waals surface area contributed by atoms with Gasteiger partial charge in [-0.3, -0.25) is 0 Å². The van der Waals surface area contributed by atoms with E-state index in [1.165, 1.54) is 18.4 Å². The van der Waals surface area contributed by atoms with Crippen LogP contribution in [0.3, 0.4) is 0 Å². The molecule has 92 valence electrons. The Hall–Kier alpha value is -2.11. The molecule has 0 saturated heterocycles. The van der Waals surface area contributed by atoms with Crippen molar-refractivity contribution in [2.24, 2.45) is 4.99 Å². The maximum Gasteiger partial charge on any atom is 0.371 e. The molecule has 6 heteroatoms. The van der Waals surface area contributed by atoms with Crippen LogP contribution in [0.4, 0.5) is 0 Å². The third-order valence-electron chi connectivity index (χ3n) is 1.63. The van der Waals surface area contributed by atoms with Gasteiger partial charge in [-0.05, 0) is 32.9 Å². The maximum absolute atomic E-state index is 11.7. The number of carboxylic acids is 1. The van der Waals surface area contributed by atoms with Crippen molar-refractivity contribution >= 4 is 17.8 Å². The largest absolute Gasteiger partial charge is 0.475 e. The van der Waals surface area contributed by atoms with E-state index in [9.17, 15) is 9.59 Å². The Kier molecular flexibility index (Phi) is 3.67. The number of amidine groups is 1. The number of hydrogen-bond acceptors (Lipinski definition) is 5. The van der Waals surface area contributed by atoms with Crippen molar-refractivity contribution in [2.45, 2.75) is 26.4 Å². The zero-order valence-electron chi connectivity index (χ0n) is 9.85. The lowest BCUT2D eigenvalue weighted by molar-refractivity contribution is -0.150. The van der Waals surface area contributed by atoms with Crippen LogP contribution in [0.25, 0.3) is 0 Å². The maximum atomic E-state index is 11.7. The van der Waals surface area contributed by atoms with E-state index in [0.717, 1.165) is 0 Å². The summed E-state index contributed by atoms with van der Waals surface area (Å²) in [7, 11) is 0. The molecule has 17 heavy (non-hydrogen) atoms. The van der Waals surface area contributed by atoms with Crippen LogP contribution in [0, 0.1) is 0 Å². The lowest BCUT2D eigenvalue weighted by Gasteiger charge is -2.20. The predicted octanol–water partition coefficient (Wildman–Crippen LogP) is 0.812. The van der Waals surface area contributed by atoms with E-state index in [2.05, 4.69) is 10.3 Å². The summed E-state index contributed by atoms with van der Waals surface area (Å²) in [6.07, 6.45) is 4.16. The van der Waals surface area contributed by atoms with Gasteiger partial charge >= 0.3 is 11.9 Å². The van der Waals surface area contributed by atoms with Crippen molar-refractivity contribution < 1.29 is 19.4 Å². The Morgan fingerprint density at radius 1 is 1.41 bits per heavy atom. The molecule has 0 aromatic carbocycles. The van der Waals surface area contributed by atoms with Gasteiger partial charge in [0.25, 0.3) is 0 Å². The third-order valence-corrected chi connectivity index (χ3v) is 1.63. The SMILES string of the molecule is CC(C)(C)OC(=O)C1=CC=CN=C(C(=O)O)N1. The van der Waals surface area contributed by atoms with E-state index < -0.39 is 17.5 Å². The smallest absolute Gasteiger partial charge is 0.371 e. The van der Waals surface area contributed by atoms with Crippen LogP contribution in [0.15, 0.2) is 29.0 Å². The predicted molar refractivity (Wildman–Crippen MR) is 61.3 cm³/mol. The van der Waals surface area contributed by atoms with Gasteiger partial charge in [0.15, 0.2) is 0 Å². The number of nitrogens with zero attached hydrogens (tertiary/aromatic N) is 1. The molecule has 1 rings (SSSR count). The van der Waals surface area contributed by atoms with Crippen LogP contribution in [0.1, 0.15) is 20.8 Å². The zero-order chi connectivity index (χ0) is 13.1. The molecule has 1 aliphatic heterocycles. The van der Waals surface area contributed by atoms with Crippen molar-refractivity contribution in [3.63, 3.8) is 0 Å². The van der Waals surface area contributed by atoms with Crippen LogP contribution in [0.5, 0.6) is 0 Å². The van der Waals surface area contributed by atoms with Gasteiger partial charge in [0.2, 0.25) is 5.84 Å². The highest BCUT2D eigenvalue weighted by Crippen LogP contribution is 2.10. The summed E-state index contributed by atoms with van der Waals surface area (Å²) in [4.78, 5) is 26.1. The molecule has 0 spiro atoms. The molecule has 1 aliphatic rings. The summed E-state index contributed by atoms with van der Waals surface area (Å²) < 4.78 is 5.11. The lowest BCUT2D eigenvalue weighted by atomic mass is 10.2. The minimum absolute atomic E-state index is 0.0369. The Labute approximate surface area is 98.7 Å². The Morgan fingerprint density at radius 2 is 2.06 bits per heavy atom. The Balaban J connectivity index is 2.83. The molecule has 0 aromatic rings. The van der Waals surface area contributed by atoms with Crippen LogP contribution in [-0.4, -0.2) is 28.5 Å². The molecule has 0 fully saturated rings. The standard InChI is InChI=1S/C11H14N2O4/c1-11(2,3)17-10(16)7-5-4-6-12-8(13-7)9(14)15/h4-6H,1-3H3,(H,12,13)(H,14,15). The lowest BCUT2D eigenvalue weighted by Crippen LogP contribution is -2.35. The molecule has 2 N–H and O–H groups in total. The average molecular weight is 238 g/mol. The number of ether oxygens (including phenoxy) is 1. The molecule has 0 amide bonds. The van der Waals surface area contributed by atoms with Gasteiger partial charge in [0, 0.05) is 6.20 Å². The highest BCUT2D eigenvalue weighted by atomic mass is 16.6. The first-order valence-electron chi connectivity index (χ1n) is 4.98. The number of rotatable bonds is 2. The van der Waals surface area contributed by atoms with Crippen molar-refractivity contribution in [1.82, 2.24) is 5.32 Å². The Bertz CT molecular complexity index is 427. The third kappa shape index (κ3) is 4.10. The van der Waals surface area contributed by atoms with Crippen LogP contribution >= 0.6 is 0 Å². The monoisotopic (exact) mass is 238 g/mol. The van der Waals surface area contributed by atoms with Crippen molar-refractivity contribution in [2.75, 3.05) is 0 Å². The highest BCUT2D eigenvalue weighted by molar-refractivity contribution is 6.35. The number of carboxylic acid groups (broad SMARTS) is 1. The first-order valence-corrected chi connectivity index (χ1v) is 4.98. The summed E-state index contributed by atoms with van der Waals surface area (Å²) in [6, 6.07) is 0. The second-order valence-corrected chi connectivity index (χ2v) is 4.33. The van der Waals surface area contributed by atoms with Gasteiger partial charge in [-0.25, -0.2) is 14.6 Å².